The molecule has 8 heteroatoms. The van der Waals surface area contributed by atoms with Gasteiger partial charge in [0.25, 0.3) is 0 Å². The van der Waals surface area contributed by atoms with Crippen LogP contribution in [-0.4, -0.2) is 49.5 Å². The number of aromatic amines is 1. The fourth-order valence-electron chi connectivity index (χ4n) is 3.36. The van der Waals surface area contributed by atoms with Crippen LogP contribution in [0, 0.1) is 6.92 Å². The Morgan fingerprint density at radius 2 is 2.26 bits per heavy atom. The van der Waals surface area contributed by atoms with Crippen molar-refractivity contribution in [2.24, 2.45) is 0 Å². The zero-order valence-electron chi connectivity index (χ0n) is 15.3. The third kappa shape index (κ3) is 3.99. The Bertz CT molecular complexity index is 902. The van der Waals surface area contributed by atoms with E-state index in [-0.39, 0.29) is 11.9 Å². The van der Waals surface area contributed by atoms with Gasteiger partial charge in [0.15, 0.2) is 0 Å². The van der Waals surface area contributed by atoms with E-state index in [1.54, 1.807) is 12.4 Å². The van der Waals surface area contributed by atoms with Crippen molar-refractivity contribution in [2.45, 2.75) is 32.4 Å². The second-order valence-corrected chi connectivity index (χ2v) is 6.74. The number of carbonyl (C=O) groups excluding carboxylic acids is 1. The third-order valence-corrected chi connectivity index (χ3v) is 4.86. The lowest BCUT2D eigenvalue weighted by molar-refractivity contribution is -0.121. The SMILES string of the molecule is Cc1nccn1CCC(=O)NC1CCN(c2nccc(-c3ccc[nH]3)n2)C1. The van der Waals surface area contributed by atoms with E-state index in [4.69, 9.17) is 0 Å². The van der Waals surface area contributed by atoms with E-state index in [1.807, 2.05) is 42.1 Å². The van der Waals surface area contributed by atoms with Gasteiger partial charge in [-0.1, -0.05) is 0 Å². The minimum absolute atomic E-state index is 0.0657. The van der Waals surface area contributed by atoms with Crippen LogP contribution in [0.5, 0.6) is 0 Å². The Morgan fingerprint density at radius 1 is 1.33 bits per heavy atom. The summed E-state index contributed by atoms with van der Waals surface area (Å²) < 4.78 is 1.99. The number of nitrogens with zero attached hydrogens (tertiary/aromatic N) is 5. The number of carbonyl (C=O) groups is 1. The van der Waals surface area contributed by atoms with Crippen molar-refractivity contribution in [2.75, 3.05) is 18.0 Å². The molecule has 4 heterocycles. The van der Waals surface area contributed by atoms with Gasteiger partial charge in [0, 0.05) is 56.9 Å². The fraction of sp³-hybridized carbons (Fsp3) is 0.368. The van der Waals surface area contributed by atoms with Gasteiger partial charge >= 0.3 is 0 Å². The largest absolute Gasteiger partial charge is 0.360 e. The van der Waals surface area contributed by atoms with Gasteiger partial charge in [-0.25, -0.2) is 15.0 Å². The Morgan fingerprint density at radius 3 is 3.04 bits per heavy atom. The van der Waals surface area contributed by atoms with Gasteiger partial charge in [-0.3, -0.25) is 4.79 Å². The molecular formula is C19H23N7O. The number of hydrogen-bond donors (Lipinski definition) is 2. The molecule has 0 saturated carbocycles. The van der Waals surface area contributed by atoms with E-state index >= 15 is 0 Å². The van der Waals surface area contributed by atoms with Crippen molar-refractivity contribution >= 4 is 11.9 Å². The molecule has 8 nitrogen and oxygen atoms in total. The van der Waals surface area contributed by atoms with Crippen LogP contribution < -0.4 is 10.2 Å². The molecule has 1 atom stereocenters. The fourth-order valence-corrected chi connectivity index (χ4v) is 3.36. The van der Waals surface area contributed by atoms with E-state index in [0.29, 0.717) is 18.9 Å². The molecule has 2 N–H and O–H groups in total. The highest BCUT2D eigenvalue weighted by atomic mass is 16.1. The molecule has 1 fully saturated rings. The van der Waals surface area contributed by atoms with E-state index in [2.05, 4.69) is 30.2 Å². The van der Waals surface area contributed by atoms with Gasteiger partial charge in [-0.2, -0.15) is 0 Å². The number of rotatable bonds is 6. The van der Waals surface area contributed by atoms with Crippen LogP contribution in [0.3, 0.4) is 0 Å². The average molecular weight is 365 g/mol. The summed E-state index contributed by atoms with van der Waals surface area (Å²) in [6.45, 7) is 4.15. The molecule has 0 aliphatic carbocycles. The summed E-state index contributed by atoms with van der Waals surface area (Å²) in [5.41, 5.74) is 1.84. The minimum atomic E-state index is 0.0657. The molecular weight excluding hydrogens is 342 g/mol. The predicted molar refractivity (Wildman–Crippen MR) is 102 cm³/mol. The lowest BCUT2D eigenvalue weighted by Gasteiger charge is -2.17. The van der Waals surface area contributed by atoms with Gasteiger partial charge < -0.3 is 19.8 Å². The predicted octanol–water partition coefficient (Wildman–Crippen LogP) is 1.76. The Labute approximate surface area is 157 Å². The summed E-state index contributed by atoms with van der Waals surface area (Å²) >= 11 is 0. The number of anilines is 1. The lowest BCUT2D eigenvalue weighted by atomic mass is 10.2. The first kappa shape index (κ1) is 17.3. The Hall–Kier alpha value is -3.16. The van der Waals surface area contributed by atoms with E-state index < -0.39 is 0 Å². The number of nitrogens with one attached hydrogen (secondary N) is 2. The molecule has 4 rings (SSSR count). The first-order valence-corrected chi connectivity index (χ1v) is 9.18. The molecule has 0 bridgehead atoms. The normalized spacial score (nSPS) is 16.6. The number of aromatic nitrogens is 5. The second-order valence-electron chi connectivity index (χ2n) is 6.74. The Balaban J connectivity index is 1.32. The third-order valence-electron chi connectivity index (χ3n) is 4.86. The molecule has 0 spiro atoms. The topological polar surface area (TPSA) is 91.7 Å². The van der Waals surface area contributed by atoms with Crippen molar-refractivity contribution < 1.29 is 4.79 Å². The van der Waals surface area contributed by atoms with Crippen molar-refractivity contribution in [1.29, 1.82) is 0 Å². The molecule has 1 saturated heterocycles. The van der Waals surface area contributed by atoms with Crippen LogP contribution in [0.4, 0.5) is 5.95 Å². The maximum Gasteiger partial charge on any atom is 0.225 e. The van der Waals surface area contributed by atoms with Crippen LogP contribution in [0.2, 0.25) is 0 Å². The van der Waals surface area contributed by atoms with E-state index in [0.717, 1.165) is 36.7 Å². The quantitative estimate of drug-likeness (QED) is 0.694. The molecule has 0 aromatic carbocycles. The van der Waals surface area contributed by atoms with E-state index in [9.17, 15) is 4.79 Å². The maximum atomic E-state index is 12.3. The van der Waals surface area contributed by atoms with Crippen molar-refractivity contribution in [3.05, 3.63) is 48.8 Å². The van der Waals surface area contributed by atoms with Crippen LogP contribution in [0.25, 0.3) is 11.4 Å². The molecule has 0 radical (unpaired) electrons. The Kier molecular flexibility index (Phi) is 4.86. The van der Waals surface area contributed by atoms with Crippen LogP contribution in [0.1, 0.15) is 18.7 Å². The number of hydrogen-bond acceptors (Lipinski definition) is 5. The highest BCUT2D eigenvalue weighted by Crippen LogP contribution is 2.20. The van der Waals surface area contributed by atoms with Crippen LogP contribution >= 0.6 is 0 Å². The van der Waals surface area contributed by atoms with E-state index in [1.165, 1.54) is 0 Å². The summed E-state index contributed by atoms with van der Waals surface area (Å²) in [4.78, 5) is 30.8. The number of amides is 1. The monoisotopic (exact) mass is 365 g/mol. The van der Waals surface area contributed by atoms with Gasteiger partial charge in [0.05, 0.1) is 11.4 Å². The summed E-state index contributed by atoms with van der Waals surface area (Å²) in [6.07, 6.45) is 8.65. The molecule has 3 aromatic heterocycles. The van der Waals surface area contributed by atoms with Crippen molar-refractivity contribution in [3.8, 4) is 11.4 Å². The highest BCUT2D eigenvalue weighted by molar-refractivity contribution is 5.76. The summed E-state index contributed by atoms with van der Waals surface area (Å²) in [5.74, 6) is 1.69. The molecule has 1 unspecified atom stereocenters. The first-order valence-electron chi connectivity index (χ1n) is 9.18. The zero-order valence-corrected chi connectivity index (χ0v) is 15.3. The summed E-state index contributed by atoms with van der Waals surface area (Å²) in [7, 11) is 0. The lowest BCUT2D eigenvalue weighted by Crippen LogP contribution is -2.37. The molecule has 1 amide bonds. The summed E-state index contributed by atoms with van der Waals surface area (Å²) in [5, 5.41) is 3.13. The number of imidazole rings is 1. The van der Waals surface area contributed by atoms with Gasteiger partial charge in [0.1, 0.15) is 5.82 Å². The number of aryl methyl sites for hydroxylation is 2. The molecule has 27 heavy (non-hydrogen) atoms. The van der Waals surface area contributed by atoms with Crippen molar-refractivity contribution in [3.63, 3.8) is 0 Å². The van der Waals surface area contributed by atoms with Crippen LogP contribution in [-0.2, 0) is 11.3 Å². The molecule has 140 valence electrons. The average Bonchev–Trinajstić information content (AvgIpc) is 3.43. The van der Waals surface area contributed by atoms with Gasteiger partial charge in [-0.15, -0.1) is 0 Å². The second kappa shape index (κ2) is 7.61. The number of H-pyrrole nitrogens is 1. The first-order chi connectivity index (χ1) is 13.2. The van der Waals surface area contributed by atoms with Crippen LogP contribution in [0.15, 0.2) is 43.0 Å². The van der Waals surface area contributed by atoms with Gasteiger partial charge in [-0.05, 0) is 31.5 Å². The molecule has 1 aliphatic rings. The molecule has 3 aromatic rings. The molecule has 1 aliphatic heterocycles. The minimum Gasteiger partial charge on any atom is -0.360 e. The zero-order chi connectivity index (χ0) is 18.6. The van der Waals surface area contributed by atoms with Gasteiger partial charge in [0.2, 0.25) is 11.9 Å². The van der Waals surface area contributed by atoms with Crippen molar-refractivity contribution in [1.82, 2.24) is 29.8 Å². The summed E-state index contributed by atoms with van der Waals surface area (Å²) in [6, 6.07) is 5.95. The highest BCUT2D eigenvalue weighted by Gasteiger charge is 2.25. The maximum absolute atomic E-state index is 12.3. The smallest absolute Gasteiger partial charge is 0.225 e. The standard InChI is InChI=1S/C19H23N7O/c1-14-20-9-12-25(14)11-6-18(27)23-15-5-10-26(13-15)19-22-8-4-17(24-19)16-3-2-7-21-16/h2-4,7-9,12,15,21H,5-6,10-11,13H2,1H3,(H,23,27).